The third-order valence-corrected chi connectivity index (χ3v) is 5.07. The van der Waals surface area contributed by atoms with Crippen LogP contribution in [0.15, 0.2) is 47.4 Å². The summed E-state index contributed by atoms with van der Waals surface area (Å²) in [7, 11) is -3.98. The number of sulfonamides is 1. The summed E-state index contributed by atoms with van der Waals surface area (Å²) in [6.45, 7) is -0.365. The molecule has 11 heteroatoms. The van der Waals surface area contributed by atoms with Crippen LogP contribution in [0.25, 0.3) is 0 Å². The zero-order chi connectivity index (χ0) is 20.9. The molecule has 150 valence electrons. The Labute approximate surface area is 158 Å². The van der Waals surface area contributed by atoms with Crippen molar-refractivity contribution < 1.29 is 36.3 Å². The molecule has 0 saturated carbocycles. The Hall–Kier alpha value is -2.92. The molecule has 7 nitrogen and oxygen atoms in total. The van der Waals surface area contributed by atoms with Crippen LogP contribution in [0.5, 0.6) is 0 Å². The molecule has 0 spiro atoms. The predicted molar refractivity (Wildman–Crippen MR) is 91.1 cm³/mol. The van der Waals surface area contributed by atoms with Crippen LogP contribution >= 0.6 is 0 Å². The zero-order valence-corrected chi connectivity index (χ0v) is 15.0. The highest BCUT2D eigenvalue weighted by molar-refractivity contribution is 7.89. The molecule has 0 bridgehead atoms. The van der Waals surface area contributed by atoms with Crippen molar-refractivity contribution in [3.05, 3.63) is 65.5 Å². The number of halogens is 3. The first-order valence-corrected chi connectivity index (χ1v) is 9.31. The minimum absolute atomic E-state index is 0.188. The van der Waals surface area contributed by atoms with Crippen molar-refractivity contribution >= 4 is 21.9 Å². The Kier molecular flexibility index (Phi) is 6.75. The van der Waals surface area contributed by atoms with Crippen LogP contribution in [-0.2, 0) is 19.6 Å². The summed E-state index contributed by atoms with van der Waals surface area (Å²) in [6.07, 6.45) is -0.423. The number of carbonyl (C=O) groups is 2. The fraction of sp³-hybridized carbons (Fsp3) is 0.176. The molecule has 0 aliphatic rings. The van der Waals surface area contributed by atoms with Crippen LogP contribution in [0.3, 0.4) is 0 Å². The number of hydrogen-bond donors (Lipinski definition) is 3. The number of amides is 1. The summed E-state index contributed by atoms with van der Waals surface area (Å²) in [5, 5.41) is 11.3. The van der Waals surface area contributed by atoms with Gasteiger partial charge in [0.05, 0.1) is 4.90 Å². The molecule has 0 unspecified atom stereocenters. The van der Waals surface area contributed by atoms with E-state index in [1.54, 1.807) is 0 Å². The molecule has 0 saturated heterocycles. The Morgan fingerprint density at radius 1 is 1.00 bits per heavy atom. The molecule has 0 aliphatic heterocycles. The minimum atomic E-state index is -3.98. The van der Waals surface area contributed by atoms with Gasteiger partial charge in [0.2, 0.25) is 15.9 Å². The summed E-state index contributed by atoms with van der Waals surface area (Å²) < 4.78 is 65.2. The van der Waals surface area contributed by atoms with Gasteiger partial charge in [0.25, 0.3) is 0 Å². The average molecular weight is 416 g/mol. The van der Waals surface area contributed by atoms with Crippen LogP contribution in [-0.4, -0.2) is 31.9 Å². The third-order valence-electron chi connectivity index (χ3n) is 3.60. The summed E-state index contributed by atoms with van der Waals surface area (Å²) >= 11 is 0. The van der Waals surface area contributed by atoms with E-state index in [9.17, 15) is 36.3 Å². The molecule has 0 aromatic heterocycles. The van der Waals surface area contributed by atoms with Gasteiger partial charge in [-0.05, 0) is 42.0 Å². The van der Waals surface area contributed by atoms with Crippen molar-refractivity contribution in [3.63, 3.8) is 0 Å². The highest BCUT2D eigenvalue weighted by Crippen LogP contribution is 2.17. The van der Waals surface area contributed by atoms with E-state index in [1.165, 1.54) is 0 Å². The topological polar surface area (TPSA) is 113 Å². The number of aliphatic carboxylic acids is 1. The summed E-state index contributed by atoms with van der Waals surface area (Å²) in [6, 6.07) is 4.74. The molecule has 3 N–H and O–H groups in total. The van der Waals surface area contributed by atoms with Crippen LogP contribution in [0.2, 0.25) is 0 Å². The van der Waals surface area contributed by atoms with Gasteiger partial charge in [0.15, 0.2) is 17.7 Å². The van der Waals surface area contributed by atoms with Crippen LogP contribution < -0.4 is 10.0 Å². The Balaban J connectivity index is 1.97. The molecule has 2 aromatic rings. The van der Waals surface area contributed by atoms with E-state index in [1.807, 2.05) is 0 Å². The van der Waals surface area contributed by atoms with Crippen LogP contribution in [0.1, 0.15) is 18.0 Å². The van der Waals surface area contributed by atoms with Gasteiger partial charge < -0.3 is 10.4 Å². The maximum absolute atomic E-state index is 13.3. The third kappa shape index (κ3) is 5.54. The first-order valence-electron chi connectivity index (χ1n) is 7.82. The van der Waals surface area contributed by atoms with E-state index >= 15 is 0 Å². The summed E-state index contributed by atoms with van der Waals surface area (Å²) in [4.78, 5) is 23.0. The van der Waals surface area contributed by atoms with Gasteiger partial charge in [-0.1, -0.05) is 6.07 Å². The van der Waals surface area contributed by atoms with Gasteiger partial charge in [-0.15, -0.1) is 0 Å². The number of benzene rings is 2. The normalized spacial score (nSPS) is 12.4. The smallest absolute Gasteiger partial charge is 0.330 e. The SMILES string of the molecule is O=C(CCNS(=O)(=O)c1ccc(F)cc1)N[C@H](C(=O)O)c1ccc(F)c(F)c1. The fourth-order valence-corrected chi connectivity index (χ4v) is 3.24. The number of carboxylic acid groups (broad SMARTS) is 1. The number of hydrogen-bond acceptors (Lipinski definition) is 4. The van der Waals surface area contributed by atoms with E-state index in [-0.39, 0.29) is 17.0 Å². The van der Waals surface area contributed by atoms with Crippen LogP contribution in [0, 0.1) is 17.5 Å². The van der Waals surface area contributed by atoms with Gasteiger partial charge in [-0.3, -0.25) is 4.79 Å². The van der Waals surface area contributed by atoms with Gasteiger partial charge in [0.1, 0.15) is 5.82 Å². The molecular weight excluding hydrogens is 401 g/mol. The van der Waals surface area contributed by atoms with Gasteiger partial charge in [-0.2, -0.15) is 0 Å². The maximum Gasteiger partial charge on any atom is 0.330 e. The van der Waals surface area contributed by atoms with Gasteiger partial charge >= 0.3 is 5.97 Å². The van der Waals surface area contributed by atoms with Crippen molar-refractivity contribution in [2.45, 2.75) is 17.4 Å². The second-order valence-corrected chi connectivity index (χ2v) is 7.38. The lowest BCUT2D eigenvalue weighted by Gasteiger charge is -2.15. The van der Waals surface area contributed by atoms with Crippen molar-refractivity contribution in [1.29, 1.82) is 0 Å². The number of nitrogens with one attached hydrogen (secondary N) is 2. The van der Waals surface area contributed by atoms with Gasteiger partial charge in [-0.25, -0.2) is 31.1 Å². The second-order valence-electron chi connectivity index (χ2n) is 5.61. The highest BCUT2D eigenvalue weighted by Gasteiger charge is 2.23. The highest BCUT2D eigenvalue weighted by atomic mass is 32.2. The van der Waals surface area contributed by atoms with E-state index in [2.05, 4.69) is 10.0 Å². The average Bonchev–Trinajstić information content (AvgIpc) is 2.62. The predicted octanol–water partition coefficient (Wildman–Crippen LogP) is 1.71. The summed E-state index contributed by atoms with van der Waals surface area (Å²) in [5.41, 5.74) is -0.188. The lowest BCUT2D eigenvalue weighted by molar-refractivity contribution is -0.142. The number of carboxylic acids is 1. The maximum atomic E-state index is 13.3. The standard InChI is InChI=1S/C17H15F3N2O5S/c18-11-2-4-12(5-3-11)28(26,27)21-8-7-15(23)22-16(17(24)25)10-1-6-13(19)14(20)9-10/h1-6,9,16,21H,7-8H2,(H,22,23)(H,24,25)/t16-/m0/s1. The number of carbonyl (C=O) groups excluding carboxylic acids is 1. The van der Waals surface area contributed by atoms with E-state index in [4.69, 9.17) is 0 Å². The molecule has 1 atom stereocenters. The number of rotatable bonds is 8. The van der Waals surface area contributed by atoms with Gasteiger partial charge in [0, 0.05) is 13.0 Å². The lowest BCUT2D eigenvalue weighted by Crippen LogP contribution is -2.36. The van der Waals surface area contributed by atoms with Crippen molar-refractivity contribution in [2.75, 3.05) is 6.54 Å². The largest absolute Gasteiger partial charge is 0.479 e. The molecular formula is C17H15F3N2O5S. The Morgan fingerprint density at radius 2 is 1.64 bits per heavy atom. The minimum Gasteiger partial charge on any atom is -0.479 e. The van der Waals surface area contributed by atoms with E-state index in [0.29, 0.717) is 6.07 Å². The first-order chi connectivity index (χ1) is 13.1. The molecule has 0 aliphatic carbocycles. The molecule has 2 rings (SSSR count). The molecule has 2 aromatic carbocycles. The monoisotopic (exact) mass is 416 g/mol. The molecule has 1 amide bonds. The molecule has 0 heterocycles. The van der Waals surface area contributed by atoms with Crippen molar-refractivity contribution in [3.8, 4) is 0 Å². The molecule has 0 fully saturated rings. The lowest BCUT2D eigenvalue weighted by atomic mass is 10.1. The second kappa shape index (κ2) is 8.85. The van der Waals surface area contributed by atoms with Crippen molar-refractivity contribution in [2.24, 2.45) is 0 Å². The molecule has 28 heavy (non-hydrogen) atoms. The Bertz CT molecular complexity index is 981. The van der Waals surface area contributed by atoms with E-state index in [0.717, 1.165) is 36.4 Å². The van der Waals surface area contributed by atoms with Crippen molar-refractivity contribution in [1.82, 2.24) is 10.0 Å². The summed E-state index contributed by atoms with van der Waals surface area (Å²) in [5.74, 6) is -5.40. The zero-order valence-electron chi connectivity index (χ0n) is 14.2. The first kappa shape index (κ1) is 21.4. The Morgan fingerprint density at radius 3 is 2.21 bits per heavy atom. The van der Waals surface area contributed by atoms with E-state index < -0.39 is 51.8 Å². The molecule has 0 radical (unpaired) electrons. The van der Waals surface area contributed by atoms with Crippen LogP contribution in [0.4, 0.5) is 13.2 Å². The fourth-order valence-electron chi connectivity index (χ4n) is 2.21. The quantitative estimate of drug-likeness (QED) is 0.607.